The Morgan fingerprint density at radius 1 is 1.47 bits per heavy atom. The molecule has 2 saturated heterocycles. The van der Waals surface area contributed by atoms with Crippen LogP contribution in [0, 0.1) is 17.8 Å². The van der Waals surface area contributed by atoms with Gasteiger partial charge in [0.25, 0.3) is 0 Å². The minimum absolute atomic E-state index is 0.00325. The van der Waals surface area contributed by atoms with Crippen LogP contribution in [0.3, 0.4) is 0 Å². The highest BCUT2D eigenvalue weighted by Crippen LogP contribution is 2.27. The van der Waals surface area contributed by atoms with Gasteiger partial charge in [0.2, 0.25) is 11.8 Å². The summed E-state index contributed by atoms with van der Waals surface area (Å²) in [6.07, 6.45) is 2.58. The molecule has 0 unspecified atom stereocenters. The fourth-order valence-corrected chi connectivity index (χ4v) is 3.03. The minimum atomic E-state index is -0.201. The molecule has 19 heavy (non-hydrogen) atoms. The molecule has 5 nitrogen and oxygen atoms in total. The number of hydrogen-bond acceptors (Lipinski definition) is 3. The van der Waals surface area contributed by atoms with Crippen LogP contribution in [0.2, 0.25) is 0 Å². The predicted octanol–water partition coefficient (Wildman–Crippen LogP) is 0.378. The van der Waals surface area contributed by atoms with Gasteiger partial charge in [0, 0.05) is 19.7 Å². The molecule has 2 aliphatic rings. The maximum absolute atomic E-state index is 12.4. The molecule has 2 heterocycles. The molecule has 0 aliphatic carbocycles. The van der Waals surface area contributed by atoms with E-state index >= 15 is 0 Å². The first-order valence-electron chi connectivity index (χ1n) is 7.24. The van der Waals surface area contributed by atoms with E-state index < -0.39 is 0 Å². The number of nitrogens with one attached hydrogen (secondary N) is 1. The van der Waals surface area contributed by atoms with Crippen molar-refractivity contribution in [3.63, 3.8) is 0 Å². The lowest BCUT2D eigenvalue weighted by Gasteiger charge is -2.42. The largest absolute Gasteiger partial charge is 0.396 e. The Morgan fingerprint density at radius 2 is 2.11 bits per heavy atom. The van der Waals surface area contributed by atoms with Crippen molar-refractivity contribution in [2.45, 2.75) is 39.2 Å². The van der Waals surface area contributed by atoms with Gasteiger partial charge in [0.1, 0.15) is 0 Å². The number of rotatable bonds is 4. The molecule has 2 rings (SSSR count). The number of carbonyl (C=O) groups is 2. The van der Waals surface area contributed by atoms with Crippen LogP contribution in [-0.2, 0) is 9.59 Å². The van der Waals surface area contributed by atoms with Crippen LogP contribution in [-0.4, -0.2) is 47.6 Å². The summed E-state index contributed by atoms with van der Waals surface area (Å²) in [6.45, 7) is 5.76. The van der Waals surface area contributed by atoms with Gasteiger partial charge < -0.3 is 15.3 Å². The average Bonchev–Trinajstić information content (AvgIpc) is 2.41. The van der Waals surface area contributed by atoms with Crippen LogP contribution in [0.15, 0.2) is 0 Å². The molecule has 0 aromatic carbocycles. The van der Waals surface area contributed by atoms with E-state index in [1.807, 2.05) is 11.8 Å². The molecule has 2 fully saturated rings. The van der Waals surface area contributed by atoms with E-state index in [4.69, 9.17) is 5.11 Å². The number of carbonyl (C=O) groups excluding carboxylic acids is 2. The first kappa shape index (κ1) is 14.3. The minimum Gasteiger partial charge on any atom is -0.396 e. The molecule has 0 radical (unpaired) electrons. The average molecular weight is 268 g/mol. The van der Waals surface area contributed by atoms with Gasteiger partial charge in [0.05, 0.1) is 17.9 Å². The molecular weight excluding hydrogens is 244 g/mol. The van der Waals surface area contributed by atoms with E-state index in [0.717, 1.165) is 25.9 Å². The van der Waals surface area contributed by atoms with Gasteiger partial charge in [-0.25, -0.2) is 0 Å². The zero-order chi connectivity index (χ0) is 14.0. The second-order valence-corrected chi connectivity index (χ2v) is 5.95. The van der Waals surface area contributed by atoms with Gasteiger partial charge in [-0.05, 0) is 25.2 Å². The molecule has 108 valence electrons. The Bertz CT molecular complexity index is 351. The van der Waals surface area contributed by atoms with Gasteiger partial charge in [-0.2, -0.15) is 0 Å². The maximum atomic E-state index is 12.4. The molecule has 2 aliphatic heterocycles. The smallest absolute Gasteiger partial charge is 0.227 e. The fourth-order valence-electron chi connectivity index (χ4n) is 3.03. The predicted molar refractivity (Wildman–Crippen MR) is 71.3 cm³/mol. The topological polar surface area (TPSA) is 69.6 Å². The monoisotopic (exact) mass is 268 g/mol. The maximum Gasteiger partial charge on any atom is 0.227 e. The normalized spacial score (nSPS) is 29.6. The van der Waals surface area contributed by atoms with Gasteiger partial charge in [0.15, 0.2) is 0 Å². The van der Waals surface area contributed by atoms with Crippen LogP contribution >= 0.6 is 0 Å². The number of likely N-dealkylation sites (tertiary alicyclic amines) is 1. The molecule has 5 heteroatoms. The van der Waals surface area contributed by atoms with Crippen molar-refractivity contribution in [3.8, 4) is 0 Å². The van der Waals surface area contributed by atoms with E-state index in [2.05, 4.69) is 12.2 Å². The first-order chi connectivity index (χ1) is 9.04. The van der Waals surface area contributed by atoms with Crippen LogP contribution < -0.4 is 5.32 Å². The van der Waals surface area contributed by atoms with Crippen LogP contribution in [0.1, 0.15) is 33.1 Å². The van der Waals surface area contributed by atoms with Crippen molar-refractivity contribution in [3.05, 3.63) is 0 Å². The number of aliphatic hydroxyl groups excluding tert-OH is 1. The van der Waals surface area contributed by atoms with Gasteiger partial charge in [-0.1, -0.05) is 13.8 Å². The van der Waals surface area contributed by atoms with Gasteiger partial charge >= 0.3 is 0 Å². The summed E-state index contributed by atoms with van der Waals surface area (Å²) >= 11 is 0. The van der Waals surface area contributed by atoms with E-state index in [1.54, 1.807) is 0 Å². The SMILES string of the molecule is CC1CCN(C(=O)[C@H](C)[C@H]2NC(=O)[C@H]2CCO)CC1. The van der Waals surface area contributed by atoms with Crippen LogP contribution in [0.4, 0.5) is 0 Å². The Labute approximate surface area is 114 Å². The zero-order valence-corrected chi connectivity index (χ0v) is 11.8. The molecule has 3 atom stereocenters. The molecule has 0 spiro atoms. The highest BCUT2D eigenvalue weighted by molar-refractivity contribution is 5.89. The summed E-state index contributed by atoms with van der Waals surface area (Å²) in [6, 6.07) is -0.105. The lowest BCUT2D eigenvalue weighted by atomic mass is 9.79. The number of aliphatic hydroxyl groups is 1. The molecular formula is C14H24N2O3. The summed E-state index contributed by atoms with van der Waals surface area (Å²) < 4.78 is 0. The van der Waals surface area contributed by atoms with Crippen molar-refractivity contribution < 1.29 is 14.7 Å². The fraction of sp³-hybridized carbons (Fsp3) is 0.857. The summed E-state index contributed by atoms with van der Waals surface area (Å²) in [5.74, 6) is 0.408. The summed E-state index contributed by atoms with van der Waals surface area (Å²) in [5, 5.41) is 11.8. The quantitative estimate of drug-likeness (QED) is 0.724. The Balaban J connectivity index is 1.90. The molecule has 0 aromatic heterocycles. The highest BCUT2D eigenvalue weighted by atomic mass is 16.3. The second kappa shape index (κ2) is 5.90. The first-order valence-corrected chi connectivity index (χ1v) is 7.24. The lowest BCUT2D eigenvalue weighted by molar-refractivity contribution is -0.145. The summed E-state index contributed by atoms with van der Waals surface area (Å²) in [5.41, 5.74) is 0. The van der Waals surface area contributed by atoms with Crippen molar-refractivity contribution in [2.75, 3.05) is 19.7 Å². The molecule has 2 amide bonds. The number of hydrogen-bond donors (Lipinski definition) is 2. The van der Waals surface area contributed by atoms with E-state index in [9.17, 15) is 9.59 Å². The standard InChI is InChI=1S/C14H24N2O3/c1-9-3-6-16(7-4-9)14(19)10(2)12-11(5-8-17)13(18)15-12/h9-12,17H,3-8H2,1-2H3,(H,15,18)/t10-,11+,12-/m1/s1. The van der Waals surface area contributed by atoms with E-state index in [-0.39, 0.29) is 36.3 Å². The van der Waals surface area contributed by atoms with Crippen molar-refractivity contribution in [1.82, 2.24) is 10.2 Å². The number of amides is 2. The summed E-state index contributed by atoms with van der Waals surface area (Å²) in [7, 11) is 0. The third kappa shape index (κ3) is 2.91. The third-order valence-electron chi connectivity index (χ3n) is 4.54. The van der Waals surface area contributed by atoms with E-state index in [1.165, 1.54) is 0 Å². The Kier molecular flexibility index (Phi) is 4.45. The van der Waals surface area contributed by atoms with Gasteiger partial charge in [-0.3, -0.25) is 9.59 Å². The molecule has 0 bridgehead atoms. The van der Waals surface area contributed by atoms with Crippen molar-refractivity contribution in [2.24, 2.45) is 17.8 Å². The van der Waals surface area contributed by atoms with Crippen molar-refractivity contribution in [1.29, 1.82) is 0 Å². The van der Waals surface area contributed by atoms with Crippen molar-refractivity contribution >= 4 is 11.8 Å². The Hall–Kier alpha value is -1.10. The number of β-lactam (4-membered cyclic amide) rings is 1. The highest BCUT2D eigenvalue weighted by Gasteiger charge is 2.45. The lowest BCUT2D eigenvalue weighted by Crippen LogP contribution is -2.63. The molecule has 0 saturated carbocycles. The van der Waals surface area contributed by atoms with Crippen LogP contribution in [0.5, 0.6) is 0 Å². The summed E-state index contributed by atoms with van der Waals surface area (Å²) in [4.78, 5) is 25.8. The zero-order valence-electron chi connectivity index (χ0n) is 11.8. The Morgan fingerprint density at radius 3 is 2.63 bits per heavy atom. The van der Waals surface area contributed by atoms with Gasteiger partial charge in [-0.15, -0.1) is 0 Å². The van der Waals surface area contributed by atoms with E-state index in [0.29, 0.717) is 12.3 Å². The van der Waals surface area contributed by atoms with Crippen LogP contribution in [0.25, 0.3) is 0 Å². The number of nitrogens with zero attached hydrogens (tertiary/aromatic N) is 1. The molecule has 2 N–H and O–H groups in total. The second-order valence-electron chi connectivity index (χ2n) is 5.95. The number of piperidine rings is 1. The third-order valence-corrected chi connectivity index (χ3v) is 4.54. The molecule has 0 aromatic rings.